The number of aromatic nitrogens is 2. The highest BCUT2D eigenvalue weighted by Gasteiger charge is 2.20. The van der Waals surface area contributed by atoms with Gasteiger partial charge in [-0.2, -0.15) is 0 Å². The van der Waals surface area contributed by atoms with Crippen LogP contribution in [0.4, 0.5) is 8.78 Å². The molecule has 0 spiro atoms. The molecule has 1 unspecified atom stereocenters. The Kier molecular flexibility index (Phi) is 4.88. The lowest BCUT2D eigenvalue weighted by Gasteiger charge is -2.17. The second kappa shape index (κ2) is 6.45. The molecule has 0 aliphatic carbocycles. The van der Waals surface area contributed by atoms with E-state index in [0.717, 1.165) is 5.69 Å². The highest BCUT2D eigenvalue weighted by molar-refractivity contribution is 9.10. The first-order chi connectivity index (χ1) is 9.52. The summed E-state index contributed by atoms with van der Waals surface area (Å²) in [7, 11) is 1.86. The molecular weight excluding hydrogens is 328 g/mol. The van der Waals surface area contributed by atoms with Crippen molar-refractivity contribution in [1.29, 1.82) is 0 Å². The minimum Gasteiger partial charge on any atom is -0.340 e. The molecule has 108 valence electrons. The van der Waals surface area contributed by atoms with Crippen molar-refractivity contribution in [3.05, 3.63) is 52.0 Å². The summed E-state index contributed by atoms with van der Waals surface area (Å²) in [6.45, 7) is 2.64. The average molecular weight is 344 g/mol. The Morgan fingerprint density at radius 1 is 1.40 bits per heavy atom. The van der Waals surface area contributed by atoms with Gasteiger partial charge in [-0.05, 0) is 41.0 Å². The van der Waals surface area contributed by atoms with E-state index in [2.05, 4.69) is 26.2 Å². The predicted molar refractivity (Wildman–Crippen MR) is 77.4 cm³/mol. The summed E-state index contributed by atoms with van der Waals surface area (Å²) in [5, 5.41) is 3.21. The number of benzene rings is 1. The average Bonchev–Trinajstić information content (AvgIpc) is 2.84. The van der Waals surface area contributed by atoms with E-state index in [1.165, 1.54) is 12.1 Å². The largest absolute Gasteiger partial charge is 0.340 e. The van der Waals surface area contributed by atoms with Gasteiger partial charge in [0, 0.05) is 18.8 Å². The second-order valence-corrected chi connectivity index (χ2v) is 5.45. The minimum atomic E-state index is -0.552. The number of nitrogens with zero attached hydrogens (tertiary/aromatic N) is 2. The fraction of sp³-hybridized carbons (Fsp3) is 0.357. The predicted octanol–water partition coefficient (Wildman–Crippen LogP) is 3.35. The molecule has 0 aliphatic heterocycles. The van der Waals surface area contributed by atoms with Gasteiger partial charge in [0.25, 0.3) is 0 Å². The van der Waals surface area contributed by atoms with E-state index in [-0.39, 0.29) is 22.5 Å². The van der Waals surface area contributed by atoms with E-state index in [4.69, 9.17) is 0 Å². The molecule has 0 amide bonds. The molecule has 1 N–H and O–H groups in total. The molecule has 1 atom stereocenters. The molecule has 3 nitrogen and oxygen atoms in total. The van der Waals surface area contributed by atoms with Crippen molar-refractivity contribution in [2.24, 2.45) is 7.05 Å². The molecule has 1 heterocycles. The van der Waals surface area contributed by atoms with Gasteiger partial charge in [-0.15, -0.1) is 0 Å². The van der Waals surface area contributed by atoms with Gasteiger partial charge in [0.15, 0.2) is 0 Å². The van der Waals surface area contributed by atoms with Crippen LogP contribution in [0, 0.1) is 11.6 Å². The van der Waals surface area contributed by atoms with Crippen molar-refractivity contribution in [1.82, 2.24) is 14.9 Å². The zero-order chi connectivity index (χ0) is 14.7. The minimum absolute atomic E-state index is 0.0657. The van der Waals surface area contributed by atoms with Crippen molar-refractivity contribution in [2.75, 3.05) is 6.54 Å². The Bertz CT molecular complexity index is 598. The standard InChI is InChI=1S/C14H16BrF2N3/c1-3-18-12(13-7-20(2)8-19-13)6-9-11(16)5-4-10(15)14(9)17/h4-5,7-8,12,18H,3,6H2,1-2H3. The van der Waals surface area contributed by atoms with Crippen LogP contribution in [-0.2, 0) is 13.5 Å². The third-order valence-corrected chi connectivity index (χ3v) is 3.69. The maximum absolute atomic E-state index is 14.0. The lowest BCUT2D eigenvalue weighted by molar-refractivity contribution is 0.491. The summed E-state index contributed by atoms with van der Waals surface area (Å²) < 4.78 is 30.0. The van der Waals surface area contributed by atoms with Crippen molar-refractivity contribution in [3.63, 3.8) is 0 Å². The summed E-state index contributed by atoms with van der Waals surface area (Å²) >= 11 is 3.09. The summed E-state index contributed by atoms with van der Waals surface area (Å²) in [6.07, 6.45) is 3.73. The Hall–Kier alpha value is -1.27. The van der Waals surface area contributed by atoms with Gasteiger partial charge in [0.05, 0.1) is 22.5 Å². The molecule has 6 heteroatoms. The van der Waals surface area contributed by atoms with Gasteiger partial charge < -0.3 is 9.88 Å². The van der Waals surface area contributed by atoms with Gasteiger partial charge >= 0.3 is 0 Å². The number of halogens is 3. The summed E-state index contributed by atoms with van der Waals surface area (Å²) in [4.78, 5) is 4.26. The van der Waals surface area contributed by atoms with Crippen molar-refractivity contribution in [3.8, 4) is 0 Å². The van der Waals surface area contributed by atoms with E-state index in [0.29, 0.717) is 6.54 Å². The number of hydrogen-bond donors (Lipinski definition) is 1. The normalized spacial score (nSPS) is 12.7. The van der Waals surface area contributed by atoms with Crippen molar-refractivity contribution in [2.45, 2.75) is 19.4 Å². The fourth-order valence-corrected chi connectivity index (χ4v) is 2.47. The molecule has 0 aliphatic rings. The number of imidazole rings is 1. The molecule has 1 aromatic carbocycles. The quantitative estimate of drug-likeness (QED) is 0.843. The van der Waals surface area contributed by atoms with Crippen LogP contribution in [0.2, 0.25) is 0 Å². The fourth-order valence-electron chi connectivity index (χ4n) is 2.10. The Labute approximate surface area is 125 Å². The van der Waals surface area contributed by atoms with E-state index < -0.39 is 11.6 Å². The van der Waals surface area contributed by atoms with Crippen LogP contribution in [0.1, 0.15) is 24.2 Å². The zero-order valence-corrected chi connectivity index (χ0v) is 12.9. The van der Waals surface area contributed by atoms with Crippen molar-refractivity contribution < 1.29 is 8.78 Å². The van der Waals surface area contributed by atoms with Crippen LogP contribution in [-0.4, -0.2) is 16.1 Å². The van der Waals surface area contributed by atoms with Crippen LogP contribution in [0.25, 0.3) is 0 Å². The Balaban J connectivity index is 2.31. The van der Waals surface area contributed by atoms with Gasteiger partial charge in [0.2, 0.25) is 0 Å². The summed E-state index contributed by atoms with van der Waals surface area (Å²) in [5.74, 6) is -1.09. The molecule has 2 aromatic rings. The van der Waals surface area contributed by atoms with Crippen LogP contribution < -0.4 is 5.32 Å². The molecule has 0 saturated heterocycles. The van der Waals surface area contributed by atoms with E-state index in [9.17, 15) is 8.78 Å². The second-order valence-electron chi connectivity index (χ2n) is 4.60. The molecule has 0 saturated carbocycles. The molecule has 0 radical (unpaired) electrons. The monoisotopic (exact) mass is 343 g/mol. The van der Waals surface area contributed by atoms with E-state index >= 15 is 0 Å². The lowest BCUT2D eigenvalue weighted by atomic mass is 10.0. The Morgan fingerprint density at radius 2 is 2.15 bits per heavy atom. The van der Waals surface area contributed by atoms with Gasteiger partial charge in [-0.25, -0.2) is 13.8 Å². The molecular formula is C14H16BrF2N3. The van der Waals surface area contributed by atoms with Crippen LogP contribution in [0.5, 0.6) is 0 Å². The maximum atomic E-state index is 14.0. The van der Waals surface area contributed by atoms with Gasteiger partial charge in [-0.3, -0.25) is 0 Å². The van der Waals surface area contributed by atoms with E-state index in [1.54, 1.807) is 6.33 Å². The Morgan fingerprint density at radius 3 is 2.75 bits per heavy atom. The van der Waals surface area contributed by atoms with Crippen molar-refractivity contribution >= 4 is 15.9 Å². The van der Waals surface area contributed by atoms with Gasteiger partial charge in [0.1, 0.15) is 11.6 Å². The maximum Gasteiger partial charge on any atom is 0.143 e. The lowest BCUT2D eigenvalue weighted by Crippen LogP contribution is -2.24. The topological polar surface area (TPSA) is 29.9 Å². The molecule has 20 heavy (non-hydrogen) atoms. The summed E-state index contributed by atoms with van der Waals surface area (Å²) in [6, 6.07) is 2.42. The molecule has 1 aromatic heterocycles. The highest BCUT2D eigenvalue weighted by Crippen LogP contribution is 2.26. The van der Waals surface area contributed by atoms with Crippen LogP contribution in [0.3, 0.4) is 0 Å². The number of hydrogen-bond acceptors (Lipinski definition) is 2. The first-order valence-electron chi connectivity index (χ1n) is 6.36. The number of aryl methyl sites for hydroxylation is 1. The number of likely N-dealkylation sites (N-methyl/N-ethyl adjacent to an activating group) is 1. The molecule has 2 rings (SSSR count). The SMILES string of the molecule is CCNC(Cc1c(F)ccc(Br)c1F)c1cn(C)cn1. The van der Waals surface area contributed by atoms with Gasteiger partial charge in [-0.1, -0.05) is 6.92 Å². The van der Waals surface area contributed by atoms with E-state index in [1.807, 2.05) is 24.7 Å². The first-order valence-corrected chi connectivity index (χ1v) is 7.15. The third-order valence-electron chi connectivity index (χ3n) is 3.08. The zero-order valence-electron chi connectivity index (χ0n) is 11.3. The molecule has 0 fully saturated rings. The number of nitrogens with one attached hydrogen (secondary N) is 1. The smallest absolute Gasteiger partial charge is 0.143 e. The highest BCUT2D eigenvalue weighted by atomic mass is 79.9. The number of rotatable bonds is 5. The molecule has 0 bridgehead atoms. The summed E-state index contributed by atoms with van der Waals surface area (Å²) in [5.41, 5.74) is 0.837. The third kappa shape index (κ3) is 3.24. The van der Waals surface area contributed by atoms with Crippen LogP contribution in [0.15, 0.2) is 29.1 Å². The van der Waals surface area contributed by atoms with Crippen LogP contribution >= 0.6 is 15.9 Å². The first kappa shape index (κ1) is 15.1.